The Labute approximate surface area is 191 Å². The van der Waals surface area contributed by atoms with Crippen LogP contribution in [-0.4, -0.2) is 35.8 Å². The Morgan fingerprint density at radius 2 is 1.81 bits per heavy atom. The van der Waals surface area contributed by atoms with Crippen LogP contribution in [0, 0.1) is 17.8 Å². The van der Waals surface area contributed by atoms with Gasteiger partial charge in [-0.3, -0.25) is 24.6 Å². The number of hydrogen-bond donors (Lipinski definition) is 2. The molecule has 2 aromatic carbocycles. The molecular weight excluding hydrogens is 430 g/mol. The molecule has 2 aromatic rings. The fourth-order valence-electron chi connectivity index (χ4n) is 5.43. The van der Waals surface area contributed by atoms with Gasteiger partial charge < -0.3 is 10.1 Å². The number of methoxy groups -OCH3 is 1. The molecule has 0 unspecified atom stereocenters. The number of hydrogen-bond acceptors (Lipinski definition) is 5. The number of nitrogens with one attached hydrogen (secondary N) is 2. The third-order valence-corrected chi connectivity index (χ3v) is 7.26. The summed E-state index contributed by atoms with van der Waals surface area (Å²) in [6.07, 6.45) is 0. The molecule has 166 valence electrons. The standard InChI is InChI=1S/C24H24ClN3O4/c1-12(2)19-17-18(24(27-19)15-5-4-6-16(25)20(15)26-23(24)31)22(30)28(21(17)29)11-13-7-9-14(32-3)10-8-13/h4-10,12,17-19,27H,11H2,1-3H3,(H,26,31)/t17-,18-,19+,24-/m0/s1. The quantitative estimate of drug-likeness (QED) is 0.695. The van der Waals surface area contributed by atoms with E-state index in [9.17, 15) is 14.4 Å². The summed E-state index contributed by atoms with van der Waals surface area (Å²) in [5.74, 6) is -1.65. The number of anilines is 1. The Kier molecular flexibility index (Phi) is 4.80. The Hall–Kier alpha value is -2.90. The maximum atomic E-state index is 13.7. The Morgan fingerprint density at radius 3 is 2.47 bits per heavy atom. The lowest BCUT2D eigenvalue weighted by atomic mass is 9.76. The maximum Gasteiger partial charge on any atom is 0.250 e. The van der Waals surface area contributed by atoms with Crippen molar-refractivity contribution in [2.75, 3.05) is 12.4 Å². The molecule has 3 aliphatic heterocycles. The van der Waals surface area contributed by atoms with E-state index in [4.69, 9.17) is 16.3 Å². The first kappa shape index (κ1) is 21.0. The van der Waals surface area contributed by atoms with Gasteiger partial charge in [-0.15, -0.1) is 0 Å². The lowest BCUT2D eigenvalue weighted by molar-refractivity contribution is -0.143. The topological polar surface area (TPSA) is 87.7 Å². The number of likely N-dealkylation sites (tertiary alicyclic amines) is 1. The fraction of sp³-hybridized carbons (Fsp3) is 0.375. The summed E-state index contributed by atoms with van der Waals surface area (Å²) in [7, 11) is 1.58. The van der Waals surface area contributed by atoms with Gasteiger partial charge in [-0.25, -0.2) is 0 Å². The summed E-state index contributed by atoms with van der Waals surface area (Å²) in [5.41, 5.74) is 0.625. The molecule has 4 atom stereocenters. The van der Waals surface area contributed by atoms with Gasteiger partial charge in [0.2, 0.25) is 17.7 Å². The Morgan fingerprint density at radius 1 is 1.09 bits per heavy atom. The summed E-state index contributed by atoms with van der Waals surface area (Å²) in [5, 5.41) is 6.67. The highest BCUT2D eigenvalue weighted by Crippen LogP contribution is 2.55. The average molecular weight is 454 g/mol. The van der Waals surface area contributed by atoms with Gasteiger partial charge in [-0.2, -0.15) is 0 Å². The number of carbonyl (C=O) groups excluding carboxylic acids is 3. The number of fused-ring (bicyclic) bond motifs is 4. The summed E-state index contributed by atoms with van der Waals surface area (Å²) < 4.78 is 5.19. The molecule has 0 aromatic heterocycles. The van der Waals surface area contributed by atoms with Crippen LogP contribution in [0.15, 0.2) is 42.5 Å². The van der Waals surface area contributed by atoms with Crippen LogP contribution in [0.1, 0.15) is 25.0 Å². The molecule has 8 heteroatoms. The van der Waals surface area contributed by atoms with Crippen LogP contribution in [0.2, 0.25) is 5.02 Å². The molecule has 3 amide bonds. The van der Waals surface area contributed by atoms with Crippen LogP contribution in [0.25, 0.3) is 0 Å². The first-order chi connectivity index (χ1) is 15.3. The highest BCUT2D eigenvalue weighted by atomic mass is 35.5. The molecule has 32 heavy (non-hydrogen) atoms. The number of imide groups is 1. The largest absolute Gasteiger partial charge is 0.497 e. The summed E-state index contributed by atoms with van der Waals surface area (Å²) in [6.45, 7) is 4.13. The lowest BCUT2D eigenvalue weighted by Gasteiger charge is -2.30. The predicted octanol–water partition coefficient (Wildman–Crippen LogP) is 2.93. The third kappa shape index (κ3) is 2.74. The van der Waals surface area contributed by atoms with Crippen molar-refractivity contribution in [1.82, 2.24) is 10.2 Å². The predicted molar refractivity (Wildman–Crippen MR) is 119 cm³/mol. The van der Waals surface area contributed by atoms with Crippen molar-refractivity contribution in [3.05, 3.63) is 58.6 Å². The number of carbonyl (C=O) groups is 3. The summed E-state index contributed by atoms with van der Waals surface area (Å²) in [4.78, 5) is 41.9. The van der Waals surface area contributed by atoms with E-state index < -0.39 is 17.4 Å². The van der Waals surface area contributed by atoms with Gasteiger partial charge in [0.15, 0.2) is 0 Å². The number of amides is 3. The molecule has 0 bridgehead atoms. The van der Waals surface area contributed by atoms with Crippen LogP contribution < -0.4 is 15.4 Å². The molecule has 2 saturated heterocycles. The first-order valence-electron chi connectivity index (χ1n) is 10.7. The summed E-state index contributed by atoms with van der Waals surface area (Å²) >= 11 is 6.35. The highest BCUT2D eigenvalue weighted by molar-refractivity contribution is 6.35. The second kappa shape index (κ2) is 7.32. The number of nitrogens with zero attached hydrogens (tertiary/aromatic N) is 1. The second-order valence-corrected chi connectivity index (χ2v) is 9.36. The zero-order chi connectivity index (χ0) is 22.8. The molecule has 2 fully saturated rings. The number of halogens is 1. The van der Waals surface area contributed by atoms with Crippen molar-refractivity contribution in [1.29, 1.82) is 0 Å². The van der Waals surface area contributed by atoms with Crippen molar-refractivity contribution in [2.45, 2.75) is 32.0 Å². The second-order valence-electron chi connectivity index (χ2n) is 8.95. The molecule has 1 spiro atoms. The third-order valence-electron chi connectivity index (χ3n) is 6.94. The normalized spacial score (nSPS) is 28.5. The van der Waals surface area contributed by atoms with Gasteiger partial charge in [-0.05, 0) is 29.7 Å². The van der Waals surface area contributed by atoms with E-state index >= 15 is 0 Å². The van der Waals surface area contributed by atoms with Crippen molar-refractivity contribution in [3.63, 3.8) is 0 Å². The van der Waals surface area contributed by atoms with E-state index in [0.29, 0.717) is 22.0 Å². The number of para-hydroxylation sites is 1. The molecule has 7 nitrogen and oxygen atoms in total. The van der Waals surface area contributed by atoms with Crippen molar-refractivity contribution in [2.24, 2.45) is 17.8 Å². The lowest BCUT2D eigenvalue weighted by Crippen LogP contribution is -2.53. The van der Waals surface area contributed by atoms with Crippen molar-refractivity contribution in [3.8, 4) is 5.75 Å². The molecule has 3 aliphatic rings. The molecule has 0 aliphatic carbocycles. The Balaban J connectivity index is 1.58. The van der Waals surface area contributed by atoms with Gasteiger partial charge in [0.25, 0.3) is 0 Å². The molecule has 2 N–H and O–H groups in total. The van der Waals surface area contributed by atoms with Gasteiger partial charge in [0.1, 0.15) is 11.3 Å². The number of rotatable bonds is 4. The fourth-order valence-corrected chi connectivity index (χ4v) is 5.65. The van der Waals surface area contributed by atoms with Crippen molar-refractivity contribution >= 4 is 35.0 Å². The maximum absolute atomic E-state index is 13.7. The number of ether oxygens (including phenoxy) is 1. The minimum Gasteiger partial charge on any atom is -0.497 e. The van der Waals surface area contributed by atoms with E-state index in [-0.39, 0.29) is 36.2 Å². The highest BCUT2D eigenvalue weighted by Gasteiger charge is 2.70. The van der Waals surface area contributed by atoms with Gasteiger partial charge in [-0.1, -0.05) is 49.7 Å². The molecule has 3 heterocycles. The average Bonchev–Trinajstić information content (AvgIpc) is 3.36. The van der Waals surface area contributed by atoms with Crippen LogP contribution in [0.4, 0.5) is 5.69 Å². The van der Waals surface area contributed by atoms with Crippen LogP contribution in [0.3, 0.4) is 0 Å². The van der Waals surface area contributed by atoms with Crippen LogP contribution in [-0.2, 0) is 26.5 Å². The van der Waals surface area contributed by atoms with Gasteiger partial charge in [0, 0.05) is 11.6 Å². The van der Waals surface area contributed by atoms with Gasteiger partial charge >= 0.3 is 0 Å². The van der Waals surface area contributed by atoms with Crippen molar-refractivity contribution < 1.29 is 19.1 Å². The summed E-state index contributed by atoms with van der Waals surface area (Å²) in [6, 6.07) is 12.2. The molecule has 5 rings (SSSR count). The van der Waals surface area contributed by atoms with E-state index in [1.807, 2.05) is 26.0 Å². The van der Waals surface area contributed by atoms with Crippen LogP contribution in [0.5, 0.6) is 5.75 Å². The molecule has 0 radical (unpaired) electrons. The van der Waals surface area contributed by atoms with Crippen LogP contribution >= 0.6 is 11.6 Å². The smallest absolute Gasteiger partial charge is 0.250 e. The zero-order valence-electron chi connectivity index (χ0n) is 18.0. The molecular formula is C24H24ClN3O4. The van der Waals surface area contributed by atoms with E-state index in [2.05, 4.69) is 10.6 Å². The molecule has 0 saturated carbocycles. The Bertz CT molecular complexity index is 1130. The monoisotopic (exact) mass is 453 g/mol. The zero-order valence-corrected chi connectivity index (χ0v) is 18.8. The number of benzene rings is 2. The van der Waals surface area contributed by atoms with E-state index in [0.717, 1.165) is 5.56 Å². The minimum absolute atomic E-state index is 0.0376. The minimum atomic E-state index is -1.32. The van der Waals surface area contributed by atoms with E-state index in [1.54, 1.807) is 37.4 Å². The SMILES string of the molecule is COc1ccc(CN2C(=O)[C@@H]3[C@@H](C(C)C)N[C@]4(C(=O)Nc5c(Cl)cccc54)[C@@H]3C2=O)cc1. The first-order valence-corrected chi connectivity index (χ1v) is 11.0. The van der Waals surface area contributed by atoms with E-state index in [1.165, 1.54) is 4.90 Å². The van der Waals surface area contributed by atoms with Gasteiger partial charge in [0.05, 0.1) is 36.2 Å².